The molecular formula is C35H43N7O5. The van der Waals surface area contributed by atoms with E-state index in [1.165, 1.54) is 11.1 Å². The fourth-order valence-electron chi connectivity index (χ4n) is 6.98. The van der Waals surface area contributed by atoms with Crippen molar-refractivity contribution in [3.05, 3.63) is 78.1 Å². The first kappa shape index (κ1) is 31.5. The number of imidazole rings is 1. The summed E-state index contributed by atoms with van der Waals surface area (Å²) in [5.41, 5.74) is 3.49. The van der Waals surface area contributed by atoms with Gasteiger partial charge in [-0.2, -0.15) is 9.97 Å². The van der Waals surface area contributed by atoms with E-state index in [-0.39, 0.29) is 24.0 Å². The topological polar surface area (TPSA) is 145 Å². The van der Waals surface area contributed by atoms with E-state index in [4.69, 9.17) is 29.2 Å². The number of rotatable bonds is 10. The van der Waals surface area contributed by atoms with Crippen LogP contribution in [0.3, 0.4) is 0 Å². The molecule has 12 heteroatoms. The van der Waals surface area contributed by atoms with E-state index in [0.717, 1.165) is 25.7 Å². The van der Waals surface area contributed by atoms with Gasteiger partial charge in [0.1, 0.15) is 12.2 Å². The van der Waals surface area contributed by atoms with Crippen LogP contribution >= 0.6 is 0 Å². The smallest absolute Gasteiger partial charge is 0.252 e. The zero-order chi connectivity index (χ0) is 32.5. The van der Waals surface area contributed by atoms with E-state index in [9.17, 15) is 9.90 Å². The number of carbonyl (C=O) groups excluding carboxylic acids is 1. The van der Waals surface area contributed by atoms with Crippen LogP contribution in [0.15, 0.2) is 67.0 Å². The van der Waals surface area contributed by atoms with Crippen LogP contribution in [0.4, 0.5) is 11.8 Å². The maximum atomic E-state index is 13.1. The van der Waals surface area contributed by atoms with Crippen molar-refractivity contribution in [1.29, 1.82) is 0 Å². The Balaban J connectivity index is 1.25. The van der Waals surface area contributed by atoms with Gasteiger partial charge in [0.15, 0.2) is 35.1 Å². The number of likely N-dealkylation sites (N-methyl/N-ethyl adjacent to an activating group) is 1. The molecule has 2 aromatic heterocycles. The second-order valence-electron chi connectivity index (χ2n) is 13.0. The van der Waals surface area contributed by atoms with Gasteiger partial charge in [-0.25, -0.2) is 4.98 Å². The van der Waals surface area contributed by atoms with Crippen LogP contribution in [0.1, 0.15) is 69.7 Å². The molecule has 2 aromatic carbocycles. The molecule has 2 aliphatic heterocycles. The van der Waals surface area contributed by atoms with E-state index in [0.29, 0.717) is 36.0 Å². The molecule has 3 fully saturated rings. The molecule has 1 aliphatic carbocycles. The van der Waals surface area contributed by atoms with Gasteiger partial charge in [0.2, 0.25) is 5.95 Å². The highest BCUT2D eigenvalue weighted by Crippen LogP contribution is 2.44. The molecule has 0 radical (unpaired) electrons. The third-order valence-corrected chi connectivity index (χ3v) is 9.24. The van der Waals surface area contributed by atoms with Gasteiger partial charge in [0.05, 0.1) is 12.4 Å². The van der Waals surface area contributed by atoms with Crippen molar-refractivity contribution in [2.24, 2.45) is 0 Å². The number of anilines is 2. The van der Waals surface area contributed by atoms with Gasteiger partial charge >= 0.3 is 0 Å². The van der Waals surface area contributed by atoms with E-state index < -0.39 is 30.3 Å². The number of benzene rings is 2. The summed E-state index contributed by atoms with van der Waals surface area (Å²) in [7, 11) is 0. The molecule has 4 N–H and O–H groups in total. The Morgan fingerprint density at radius 2 is 1.64 bits per heavy atom. The van der Waals surface area contributed by atoms with Crippen LogP contribution < -0.4 is 16.0 Å². The zero-order valence-corrected chi connectivity index (χ0v) is 27.0. The molecule has 7 rings (SSSR count). The summed E-state index contributed by atoms with van der Waals surface area (Å²) in [6, 6.07) is 20.9. The van der Waals surface area contributed by atoms with Gasteiger partial charge in [0.25, 0.3) is 5.91 Å². The number of nitrogens with one attached hydrogen (secondary N) is 3. The molecule has 0 spiro atoms. The highest BCUT2D eigenvalue weighted by molar-refractivity contribution is 5.85. The van der Waals surface area contributed by atoms with Gasteiger partial charge in [0, 0.05) is 25.0 Å². The lowest BCUT2D eigenvalue weighted by Crippen LogP contribution is -2.42. The molecule has 0 bridgehead atoms. The molecule has 0 unspecified atom stereocenters. The van der Waals surface area contributed by atoms with Crippen LogP contribution in [-0.2, 0) is 19.0 Å². The van der Waals surface area contributed by atoms with Crippen molar-refractivity contribution >= 4 is 28.8 Å². The number of ether oxygens (including phenoxy) is 3. The van der Waals surface area contributed by atoms with Gasteiger partial charge < -0.3 is 35.3 Å². The Morgan fingerprint density at radius 3 is 2.30 bits per heavy atom. The van der Waals surface area contributed by atoms with Crippen molar-refractivity contribution in [2.45, 2.75) is 94.8 Å². The van der Waals surface area contributed by atoms with Crippen molar-refractivity contribution in [1.82, 2.24) is 24.8 Å². The van der Waals surface area contributed by atoms with E-state index in [2.05, 4.69) is 64.5 Å². The number of aliphatic hydroxyl groups excluding tert-OH is 1. The van der Waals surface area contributed by atoms with Crippen LogP contribution in [-0.4, -0.2) is 79.9 Å². The summed E-state index contributed by atoms with van der Waals surface area (Å²) in [6.07, 6.45) is 1.78. The standard InChI is InChI=1S/C35H43N7O5/c1-4-36-32(44)28-27-29(47-35(2,3)46-27)33(45-28)42-20-38-26-30(40-34(41-31(26)42)39-23-15-17-24(43)18-16-23)37-19-25(21-11-7-5-8-12-21)22-13-9-6-10-14-22/h5-14,20,23-25,27-29,33,43H,4,15-19H2,1-3H3,(H,36,44)(H2,37,39,40,41)/t23?,24?,27-,28+,29-,33-/m1/s1. The van der Waals surface area contributed by atoms with Crippen molar-refractivity contribution in [2.75, 3.05) is 23.7 Å². The molecule has 4 heterocycles. The molecule has 4 aromatic rings. The number of hydrogen-bond donors (Lipinski definition) is 4. The number of amides is 1. The number of nitrogens with zero attached hydrogens (tertiary/aromatic N) is 4. The Hall–Kier alpha value is -4.10. The molecule has 2 saturated heterocycles. The summed E-state index contributed by atoms with van der Waals surface area (Å²) >= 11 is 0. The molecule has 47 heavy (non-hydrogen) atoms. The molecule has 248 valence electrons. The third-order valence-electron chi connectivity index (χ3n) is 9.24. The first-order valence-electron chi connectivity index (χ1n) is 16.6. The third kappa shape index (κ3) is 6.55. The van der Waals surface area contributed by atoms with E-state index in [1.807, 2.05) is 37.5 Å². The van der Waals surface area contributed by atoms with Crippen molar-refractivity contribution in [3.63, 3.8) is 0 Å². The van der Waals surface area contributed by atoms with Crippen LogP contribution in [0.5, 0.6) is 0 Å². The molecule has 3 aliphatic rings. The van der Waals surface area contributed by atoms with Crippen LogP contribution in [0, 0.1) is 0 Å². The summed E-state index contributed by atoms with van der Waals surface area (Å²) < 4.78 is 20.7. The fraction of sp³-hybridized carbons (Fsp3) is 0.486. The minimum absolute atomic E-state index is 0.0590. The van der Waals surface area contributed by atoms with E-state index in [1.54, 1.807) is 6.33 Å². The zero-order valence-electron chi connectivity index (χ0n) is 27.0. The molecular weight excluding hydrogens is 598 g/mol. The van der Waals surface area contributed by atoms with Gasteiger partial charge in [-0.1, -0.05) is 60.7 Å². The Labute approximate surface area is 274 Å². The van der Waals surface area contributed by atoms with Crippen molar-refractivity contribution < 1.29 is 24.1 Å². The second kappa shape index (κ2) is 13.2. The number of fused-ring (bicyclic) bond motifs is 2. The lowest BCUT2D eigenvalue weighted by atomic mass is 9.91. The van der Waals surface area contributed by atoms with Gasteiger partial charge in [-0.05, 0) is 57.6 Å². The molecule has 4 atom stereocenters. The Bertz CT molecular complexity index is 1640. The Kier molecular flexibility index (Phi) is 8.84. The summed E-state index contributed by atoms with van der Waals surface area (Å²) in [6.45, 7) is 6.59. The minimum Gasteiger partial charge on any atom is -0.393 e. The van der Waals surface area contributed by atoms with Crippen LogP contribution in [0.25, 0.3) is 11.2 Å². The highest BCUT2D eigenvalue weighted by Gasteiger charge is 2.58. The number of aromatic nitrogens is 4. The van der Waals surface area contributed by atoms with Crippen LogP contribution in [0.2, 0.25) is 0 Å². The number of hydrogen-bond acceptors (Lipinski definition) is 10. The molecule has 1 amide bonds. The largest absolute Gasteiger partial charge is 0.393 e. The SMILES string of the molecule is CCNC(=O)[C@H]1O[C@@H](n2cnc3c(NCC(c4ccccc4)c4ccccc4)nc(NC4CCC(O)CC4)nc32)[C@@H]2OC(C)(C)O[C@@H]21. The monoisotopic (exact) mass is 641 g/mol. The molecule has 12 nitrogen and oxygen atoms in total. The second-order valence-corrected chi connectivity index (χ2v) is 13.0. The van der Waals surface area contributed by atoms with Gasteiger partial charge in [-0.3, -0.25) is 9.36 Å². The number of carbonyl (C=O) groups is 1. The first-order valence-corrected chi connectivity index (χ1v) is 16.6. The predicted molar refractivity (Wildman–Crippen MR) is 177 cm³/mol. The maximum absolute atomic E-state index is 13.1. The lowest BCUT2D eigenvalue weighted by Gasteiger charge is -2.26. The quantitative estimate of drug-likeness (QED) is 0.197. The molecule has 1 saturated carbocycles. The lowest BCUT2D eigenvalue weighted by molar-refractivity contribution is -0.197. The fourth-order valence-corrected chi connectivity index (χ4v) is 6.98. The minimum atomic E-state index is -0.887. The number of aliphatic hydroxyl groups is 1. The maximum Gasteiger partial charge on any atom is 0.252 e. The summed E-state index contributed by atoms with van der Waals surface area (Å²) in [5.74, 6) is -0.0331. The average molecular weight is 642 g/mol. The summed E-state index contributed by atoms with van der Waals surface area (Å²) in [5, 5.41) is 20.1. The predicted octanol–water partition coefficient (Wildman–Crippen LogP) is 4.34. The Morgan fingerprint density at radius 1 is 0.979 bits per heavy atom. The normalized spacial score (nSPS) is 26.7. The first-order chi connectivity index (χ1) is 22.8. The summed E-state index contributed by atoms with van der Waals surface area (Å²) in [4.78, 5) is 27.7. The van der Waals surface area contributed by atoms with Gasteiger partial charge in [-0.15, -0.1) is 0 Å². The van der Waals surface area contributed by atoms with E-state index >= 15 is 0 Å². The van der Waals surface area contributed by atoms with Crippen molar-refractivity contribution in [3.8, 4) is 0 Å². The average Bonchev–Trinajstić information content (AvgIpc) is 3.74. The highest BCUT2D eigenvalue weighted by atomic mass is 16.8.